The van der Waals surface area contributed by atoms with E-state index in [-0.39, 0.29) is 11.8 Å². The van der Waals surface area contributed by atoms with Gasteiger partial charge in [0.2, 0.25) is 5.91 Å². The van der Waals surface area contributed by atoms with Crippen molar-refractivity contribution in [2.45, 2.75) is 53.5 Å². The number of hydrogen-bond acceptors (Lipinski definition) is 4. The van der Waals surface area contributed by atoms with E-state index in [2.05, 4.69) is 10.6 Å². The van der Waals surface area contributed by atoms with Gasteiger partial charge >= 0.3 is 5.97 Å². The number of carbonyl (C=O) groups is 3. The van der Waals surface area contributed by atoms with E-state index in [1.807, 2.05) is 13.8 Å². The average Bonchev–Trinajstić information content (AvgIpc) is 2.72. The molecule has 1 unspecified atom stereocenters. The average molecular weight is 340 g/mol. The molecule has 6 nitrogen and oxygen atoms in total. The van der Waals surface area contributed by atoms with E-state index in [1.165, 1.54) is 11.3 Å². The second kappa shape index (κ2) is 8.10. The topological polar surface area (TPSA) is 95.5 Å². The fourth-order valence-electron chi connectivity index (χ4n) is 2.02. The van der Waals surface area contributed by atoms with Crippen molar-refractivity contribution in [2.24, 2.45) is 5.92 Å². The van der Waals surface area contributed by atoms with Crippen molar-refractivity contribution in [3.8, 4) is 0 Å². The van der Waals surface area contributed by atoms with Crippen LogP contribution in [0.2, 0.25) is 0 Å². The third-order valence-corrected chi connectivity index (χ3v) is 4.68. The molecule has 0 radical (unpaired) electrons. The normalized spacial score (nSPS) is 12.1. The summed E-state index contributed by atoms with van der Waals surface area (Å²) in [7, 11) is 0. The number of hydrogen-bond donors (Lipinski definition) is 3. The Labute approximate surface area is 140 Å². The molecular formula is C16H24N2O4S. The quantitative estimate of drug-likeness (QED) is 0.711. The number of carboxylic acid groups (broad SMARTS) is 1. The highest BCUT2D eigenvalue weighted by atomic mass is 32.1. The molecule has 0 bridgehead atoms. The van der Waals surface area contributed by atoms with Gasteiger partial charge in [-0.15, -0.1) is 11.3 Å². The van der Waals surface area contributed by atoms with Gasteiger partial charge in [0.15, 0.2) is 0 Å². The summed E-state index contributed by atoms with van der Waals surface area (Å²) in [5.41, 5.74) is 1.11. The fourth-order valence-corrected chi connectivity index (χ4v) is 3.08. The first-order valence-corrected chi connectivity index (χ1v) is 8.45. The first-order valence-electron chi connectivity index (χ1n) is 7.63. The maximum absolute atomic E-state index is 12.5. The highest BCUT2D eigenvalue weighted by Gasteiger charge is 2.25. The number of thiophene rings is 1. The molecule has 1 heterocycles. The summed E-state index contributed by atoms with van der Waals surface area (Å²) in [4.78, 5) is 36.6. The molecule has 1 aromatic rings. The molecule has 1 atom stereocenters. The highest BCUT2D eigenvalue weighted by Crippen LogP contribution is 2.32. The van der Waals surface area contributed by atoms with Gasteiger partial charge in [-0.25, -0.2) is 4.79 Å². The highest BCUT2D eigenvalue weighted by molar-refractivity contribution is 7.16. The van der Waals surface area contributed by atoms with Gasteiger partial charge in [0.25, 0.3) is 5.91 Å². The van der Waals surface area contributed by atoms with E-state index in [1.54, 1.807) is 20.8 Å². The van der Waals surface area contributed by atoms with Gasteiger partial charge in [-0.3, -0.25) is 9.59 Å². The van der Waals surface area contributed by atoms with Crippen LogP contribution < -0.4 is 10.6 Å². The molecule has 1 aromatic heterocycles. The lowest BCUT2D eigenvalue weighted by Gasteiger charge is -2.15. The van der Waals surface area contributed by atoms with Gasteiger partial charge in [0, 0.05) is 10.8 Å². The Kier molecular flexibility index (Phi) is 6.75. The van der Waals surface area contributed by atoms with E-state index >= 15 is 0 Å². The molecule has 23 heavy (non-hydrogen) atoms. The fraction of sp³-hybridized carbons (Fsp3) is 0.562. The molecular weight excluding hydrogens is 316 g/mol. The molecule has 2 amide bonds. The van der Waals surface area contributed by atoms with E-state index < -0.39 is 17.9 Å². The van der Waals surface area contributed by atoms with Gasteiger partial charge < -0.3 is 15.7 Å². The molecule has 0 spiro atoms. The predicted molar refractivity (Wildman–Crippen MR) is 91.1 cm³/mol. The van der Waals surface area contributed by atoms with Crippen molar-refractivity contribution >= 4 is 34.1 Å². The predicted octanol–water partition coefficient (Wildman–Crippen LogP) is 2.94. The smallest absolute Gasteiger partial charge is 0.326 e. The van der Waals surface area contributed by atoms with Crippen LogP contribution in [0.4, 0.5) is 5.00 Å². The van der Waals surface area contributed by atoms with E-state index in [4.69, 9.17) is 0 Å². The summed E-state index contributed by atoms with van der Waals surface area (Å²) < 4.78 is 0. The van der Waals surface area contributed by atoms with E-state index in [0.29, 0.717) is 23.4 Å². The number of carboxylic acids is 1. The summed E-state index contributed by atoms with van der Waals surface area (Å²) in [6.45, 7) is 9.05. The number of carbonyl (C=O) groups excluding carboxylic acids is 2. The van der Waals surface area contributed by atoms with Crippen LogP contribution in [0.15, 0.2) is 0 Å². The van der Waals surface area contributed by atoms with Crippen LogP contribution in [0.1, 0.15) is 54.4 Å². The molecule has 0 aliphatic heterocycles. The summed E-state index contributed by atoms with van der Waals surface area (Å²) in [5, 5.41) is 15.0. The molecule has 3 N–H and O–H groups in total. The number of nitrogens with one attached hydrogen (secondary N) is 2. The van der Waals surface area contributed by atoms with E-state index in [9.17, 15) is 19.5 Å². The van der Waals surface area contributed by atoms with Crippen LogP contribution in [-0.2, 0) is 9.59 Å². The van der Waals surface area contributed by atoms with Crippen molar-refractivity contribution in [3.63, 3.8) is 0 Å². The van der Waals surface area contributed by atoms with Crippen molar-refractivity contribution in [1.82, 2.24) is 5.32 Å². The SMILES string of the molecule is CCCC(NC(=O)c1c(NC(=O)C(C)C)sc(C)c1C)C(=O)O. The molecule has 128 valence electrons. The lowest BCUT2D eigenvalue weighted by atomic mass is 10.1. The van der Waals surface area contributed by atoms with Crippen molar-refractivity contribution in [3.05, 3.63) is 16.0 Å². The van der Waals surface area contributed by atoms with E-state index in [0.717, 1.165) is 10.4 Å². The maximum Gasteiger partial charge on any atom is 0.326 e. The number of anilines is 1. The third-order valence-electron chi connectivity index (χ3n) is 3.55. The van der Waals surface area contributed by atoms with Gasteiger partial charge in [-0.1, -0.05) is 27.2 Å². The van der Waals surface area contributed by atoms with Crippen molar-refractivity contribution in [1.29, 1.82) is 0 Å². The molecule has 0 aromatic carbocycles. The lowest BCUT2D eigenvalue weighted by molar-refractivity contribution is -0.139. The lowest BCUT2D eigenvalue weighted by Crippen LogP contribution is -2.41. The number of amides is 2. The maximum atomic E-state index is 12.5. The Morgan fingerprint density at radius 2 is 1.83 bits per heavy atom. The zero-order valence-electron chi connectivity index (χ0n) is 14.1. The Morgan fingerprint density at radius 1 is 1.22 bits per heavy atom. The third kappa shape index (κ3) is 4.79. The van der Waals surface area contributed by atoms with Gasteiger partial charge in [-0.2, -0.15) is 0 Å². The van der Waals surface area contributed by atoms with Crippen LogP contribution in [0.5, 0.6) is 0 Å². The van der Waals surface area contributed by atoms with Crippen LogP contribution in [0.25, 0.3) is 0 Å². The summed E-state index contributed by atoms with van der Waals surface area (Å²) in [6.07, 6.45) is 1.01. The molecule has 7 heteroatoms. The Balaban J connectivity index is 3.08. The summed E-state index contributed by atoms with van der Waals surface area (Å²) in [6, 6.07) is -0.930. The number of rotatable bonds is 7. The second-order valence-corrected chi connectivity index (χ2v) is 7.01. The Bertz CT molecular complexity index is 607. The van der Waals surface area contributed by atoms with Gasteiger partial charge in [0.1, 0.15) is 11.0 Å². The number of aliphatic carboxylic acids is 1. The van der Waals surface area contributed by atoms with Crippen LogP contribution in [0, 0.1) is 19.8 Å². The Morgan fingerprint density at radius 3 is 2.30 bits per heavy atom. The zero-order valence-corrected chi connectivity index (χ0v) is 15.0. The summed E-state index contributed by atoms with van der Waals surface area (Å²) >= 11 is 1.32. The molecule has 0 saturated carbocycles. The second-order valence-electron chi connectivity index (χ2n) is 5.78. The standard InChI is InChI=1S/C16H24N2O4S/c1-6-7-11(16(21)22)17-14(20)12-9(4)10(5)23-15(12)18-13(19)8(2)3/h8,11H,6-7H2,1-5H3,(H,17,20)(H,18,19)(H,21,22). The molecule has 1 rings (SSSR count). The minimum atomic E-state index is -1.06. The first-order chi connectivity index (χ1) is 10.7. The minimum Gasteiger partial charge on any atom is -0.480 e. The Hall–Kier alpha value is -1.89. The molecule has 0 saturated heterocycles. The van der Waals surface area contributed by atoms with Crippen LogP contribution in [-0.4, -0.2) is 28.9 Å². The molecule has 0 fully saturated rings. The number of aryl methyl sites for hydroxylation is 1. The summed E-state index contributed by atoms with van der Waals surface area (Å²) in [5.74, 6) is -1.91. The first kappa shape index (κ1) is 19.2. The van der Waals surface area contributed by atoms with Crippen molar-refractivity contribution in [2.75, 3.05) is 5.32 Å². The monoisotopic (exact) mass is 340 g/mol. The largest absolute Gasteiger partial charge is 0.480 e. The zero-order chi connectivity index (χ0) is 17.7. The van der Waals surface area contributed by atoms with Gasteiger partial charge in [-0.05, 0) is 25.8 Å². The molecule has 0 aliphatic carbocycles. The van der Waals surface area contributed by atoms with Crippen molar-refractivity contribution < 1.29 is 19.5 Å². The van der Waals surface area contributed by atoms with Crippen LogP contribution in [0.3, 0.4) is 0 Å². The van der Waals surface area contributed by atoms with Crippen LogP contribution >= 0.6 is 11.3 Å². The molecule has 0 aliphatic rings. The minimum absolute atomic E-state index is 0.177. The van der Waals surface area contributed by atoms with Gasteiger partial charge in [0.05, 0.1) is 5.56 Å².